The van der Waals surface area contributed by atoms with Gasteiger partial charge in [-0.1, -0.05) is 11.6 Å². The molecule has 0 aliphatic carbocycles. The van der Waals surface area contributed by atoms with Crippen LogP contribution in [0.4, 0.5) is 5.69 Å². The number of hydrogen-bond acceptors (Lipinski definition) is 3. The van der Waals surface area contributed by atoms with Gasteiger partial charge in [-0.2, -0.15) is 0 Å². The zero-order chi connectivity index (χ0) is 13.7. The van der Waals surface area contributed by atoms with Crippen LogP contribution >= 0.6 is 27.5 Å². The summed E-state index contributed by atoms with van der Waals surface area (Å²) < 4.78 is 12.7. The molecule has 1 fully saturated rings. The lowest BCUT2D eigenvalue weighted by atomic mass is 9.78. The molecule has 2 rings (SSSR count). The van der Waals surface area contributed by atoms with Gasteiger partial charge in [0.1, 0.15) is 0 Å². The van der Waals surface area contributed by atoms with Gasteiger partial charge < -0.3 is 15.0 Å². The van der Waals surface area contributed by atoms with Crippen LogP contribution in [0, 0.1) is 0 Å². The van der Waals surface area contributed by atoms with E-state index in [2.05, 4.69) is 15.9 Å². The molecule has 98 valence electrons. The van der Waals surface area contributed by atoms with Gasteiger partial charge in [0, 0.05) is 20.6 Å². The molecule has 0 atom stereocenters. The van der Waals surface area contributed by atoms with Gasteiger partial charge in [0.15, 0.2) is 0 Å². The van der Waals surface area contributed by atoms with Crippen molar-refractivity contribution in [3.05, 3.63) is 21.6 Å². The highest BCUT2D eigenvalue weighted by atomic mass is 79.9. The average Bonchev–Trinajstić information content (AvgIpc) is 2.42. The Hall–Kier alpha value is -0.225. The lowest BCUT2D eigenvalue weighted by molar-refractivity contribution is 0.00578. The zero-order valence-corrected chi connectivity index (χ0v) is 13.2. The van der Waals surface area contributed by atoms with Crippen LogP contribution in [0.5, 0.6) is 0 Å². The Kier molecular flexibility index (Phi) is 3.47. The molecule has 0 bridgehead atoms. The zero-order valence-electron chi connectivity index (χ0n) is 10.9. The summed E-state index contributed by atoms with van der Waals surface area (Å²) in [5.74, 6) is 0. The van der Waals surface area contributed by atoms with Gasteiger partial charge in [-0.25, -0.2) is 0 Å². The molecule has 1 saturated heterocycles. The smallest absolute Gasteiger partial charge is 0.399 e. The molecule has 0 aromatic heterocycles. The molecule has 0 radical (unpaired) electrons. The van der Waals surface area contributed by atoms with Crippen LogP contribution in [0.1, 0.15) is 27.7 Å². The van der Waals surface area contributed by atoms with Crippen molar-refractivity contribution in [1.82, 2.24) is 0 Å². The van der Waals surface area contributed by atoms with E-state index < -0.39 is 7.12 Å². The topological polar surface area (TPSA) is 44.5 Å². The molecule has 0 amide bonds. The number of hydrogen-bond donors (Lipinski definition) is 1. The average molecular weight is 332 g/mol. The summed E-state index contributed by atoms with van der Waals surface area (Å²) in [6.07, 6.45) is 0. The number of nitrogens with two attached hydrogens (primary N) is 1. The molecule has 1 aliphatic rings. The minimum atomic E-state index is -0.495. The molecule has 2 N–H and O–H groups in total. The van der Waals surface area contributed by atoms with E-state index in [9.17, 15) is 0 Å². The summed E-state index contributed by atoms with van der Waals surface area (Å²) in [6, 6.07) is 3.54. The van der Waals surface area contributed by atoms with Gasteiger partial charge in [0.2, 0.25) is 0 Å². The Morgan fingerprint density at radius 3 is 2.17 bits per heavy atom. The van der Waals surface area contributed by atoms with Gasteiger partial charge in [0.25, 0.3) is 0 Å². The molecule has 1 aromatic carbocycles. The molecule has 1 aromatic rings. The molecule has 0 spiro atoms. The molecular formula is C12H16BBrClNO2. The highest BCUT2D eigenvalue weighted by molar-refractivity contribution is 9.10. The van der Waals surface area contributed by atoms with E-state index in [0.717, 1.165) is 9.94 Å². The summed E-state index contributed by atoms with van der Waals surface area (Å²) in [5, 5.41) is 0.598. The maximum absolute atomic E-state index is 6.05. The number of anilines is 1. The van der Waals surface area contributed by atoms with Gasteiger partial charge in [-0.3, -0.25) is 0 Å². The second kappa shape index (κ2) is 4.41. The Morgan fingerprint density at radius 1 is 1.17 bits per heavy atom. The SMILES string of the molecule is CC1(C)OB(c2cc(Cl)cc(Br)c2N)OC1(C)C. The quantitative estimate of drug-likeness (QED) is 0.635. The first-order valence-corrected chi connectivity index (χ1v) is 6.91. The molecule has 18 heavy (non-hydrogen) atoms. The van der Waals surface area contributed by atoms with E-state index in [4.69, 9.17) is 26.6 Å². The molecular weight excluding hydrogens is 316 g/mol. The van der Waals surface area contributed by atoms with E-state index >= 15 is 0 Å². The van der Waals surface area contributed by atoms with Crippen molar-refractivity contribution in [3.63, 3.8) is 0 Å². The van der Waals surface area contributed by atoms with Crippen LogP contribution in [-0.2, 0) is 9.31 Å². The maximum atomic E-state index is 6.05. The van der Waals surface area contributed by atoms with E-state index in [1.54, 1.807) is 12.1 Å². The van der Waals surface area contributed by atoms with Crippen LogP contribution in [-0.4, -0.2) is 18.3 Å². The monoisotopic (exact) mass is 331 g/mol. The lowest BCUT2D eigenvalue weighted by Gasteiger charge is -2.32. The summed E-state index contributed by atoms with van der Waals surface area (Å²) in [7, 11) is -0.495. The molecule has 0 saturated carbocycles. The van der Waals surface area contributed by atoms with Gasteiger partial charge in [-0.05, 0) is 55.8 Å². The van der Waals surface area contributed by atoms with Crippen LogP contribution < -0.4 is 11.2 Å². The standard InChI is InChI=1S/C12H16BBrClNO2/c1-11(2)12(3,4)18-13(17-11)8-5-7(15)6-9(14)10(8)16/h5-6H,16H2,1-4H3. The summed E-state index contributed by atoms with van der Waals surface area (Å²) in [6.45, 7) is 8.01. The van der Waals surface area contributed by atoms with E-state index in [-0.39, 0.29) is 11.2 Å². The second-order valence-corrected chi connectivity index (χ2v) is 6.77. The van der Waals surface area contributed by atoms with Crippen LogP contribution in [0.15, 0.2) is 16.6 Å². The van der Waals surface area contributed by atoms with Crippen molar-refractivity contribution in [2.75, 3.05) is 5.73 Å². The predicted molar refractivity (Wildman–Crippen MR) is 79.3 cm³/mol. The fraction of sp³-hybridized carbons (Fsp3) is 0.500. The second-order valence-electron chi connectivity index (χ2n) is 5.48. The lowest BCUT2D eigenvalue weighted by Crippen LogP contribution is -2.41. The summed E-state index contributed by atoms with van der Waals surface area (Å²) in [5.41, 5.74) is 6.62. The summed E-state index contributed by atoms with van der Waals surface area (Å²) >= 11 is 9.43. The first kappa shape index (κ1) is 14.2. The van der Waals surface area contributed by atoms with E-state index in [1.165, 1.54) is 0 Å². The van der Waals surface area contributed by atoms with Crippen molar-refractivity contribution < 1.29 is 9.31 Å². The highest BCUT2D eigenvalue weighted by Crippen LogP contribution is 2.37. The summed E-state index contributed by atoms with van der Waals surface area (Å²) in [4.78, 5) is 0. The molecule has 3 nitrogen and oxygen atoms in total. The third kappa shape index (κ3) is 2.29. The molecule has 0 unspecified atom stereocenters. The third-order valence-corrected chi connectivity index (χ3v) is 4.51. The first-order valence-electron chi connectivity index (χ1n) is 5.74. The van der Waals surface area contributed by atoms with Crippen molar-refractivity contribution in [3.8, 4) is 0 Å². The van der Waals surface area contributed by atoms with Crippen LogP contribution in [0.3, 0.4) is 0 Å². The van der Waals surface area contributed by atoms with E-state index in [1.807, 2.05) is 27.7 Å². The van der Waals surface area contributed by atoms with Crippen LogP contribution in [0.2, 0.25) is 5.02 Å². The van der Waals surface area contributed by atoms with E-state index in [0.29, 0.717) is 10.7 Å². The normalized spacial score (nSPS) is 21.3. The fourth-order valence-corrected chi connectivity index (χ4v) is 2.60. The van der Waals surface area contributed by atoms with Gasteiger partial charge >= 0.3 is 7.12 Å². The maximum Gasteiger partial charge on any atom is 0.497 e. The Labute approximate surface area is 121 Å². The number of rotatable bonds is 1. The predicted octanol–water partition coefficient (Wildman–Crippen LogP) is 2.98. The van der Waals surface area contributed by atoms with Gasteiger partial charge in [0.05, 0.1) is 11.2 Å². The first-order chi connectivity index (χ1) is 8.14. The van der Waals surface area contributed by atoms with Crippen molar-refractivity contribution in [2.45, 2.75) is 38.9 Å². The fourth-order valence-electron chi connectivity index (χ4n) is 1.77. The van der Waals surface area contributed by atoms with Crippen molar-refractivity contribution in [1.29, 1.82) is 0 Å². The molecule has 1 heterocycles. The Balaban J connectivity index is 2.41. The molecule has 1 aliphatic heterocycles. The van der Waals surface area contributed by atoms with Crippen LogP contribution in [0.25, 0.3) is 0 Å². The number of nitrogen functional groups attached to an aromatic ring is 1. The van der Waals surface area contributed by atoms with Crippen molar-refractivity contribution >= 4 is 45.8 Å². The largest absolute Gasteiger partial charge is 0.497 e. The minimum absolute atomic E-state index is 0.390. The number of benzene rings is 1. The minimum Gasteiger partial charge on any atom is -0.399 e. The third-order valence-electron chi connectivity index (χ3n) is 3.63. The van der Waals surface area contributed by atoms with Crippen molar-refractivity contribution in [2.24, 2.45) is 0 Å². The number of halogens is 2. The highest BCUT2D eigenvalue weighted by Gasteiger charge is 2.52. The Morgan fingerprint density at radius 2 is 1.67 bits per heavy atom. The molecule has 6 heteroatoms. The Bertz CT molecular complexity index is 477. The van der Waals surface area contributed by atoms with Gasteiger partial charge in [-0.15, -0.1) is 0 Å².